The van der Waals surface area contributed by atoms with Crippen molar-refractivity contribution in [3.05, 3.63) is 60.2 Å². The fourth-order valence-corrected chi connectivity index (χ4v) is 3.59. The number of unbranched alkanes of at least 4 members (excludes halogenated alkanes) is 1. The van der Waals surface area contributed by atoms with Gasteiger partial charge in [0, 0.05) is 24.3 Å². The van der Waals surface area contributed by atoms with Gasteiger partial charge in [-0.15, -0.1) is 0 Å². The van der Waals surface area contributed by atoms with E-state index in [1.54, 1.807) is 17.0 Å². The Morgan fingerprint density at radius 2 is 1.76 bits per heavy atom. The van der Waals surface area contributed by atoms with Crippen LogP contribution in [-0.2, 0) is 10.0 Å². The van der Waals surface area contributed by atoms with Gasteiger partial charge in [0.15, 0.2) is 0 Å². The molecular weight excluding hydrogens is 336 g/mol. The van der Waals surface area contributed by atoms with Crippen molar-refractivity contribution in [3.63, 3.8) is 0 Å². The van der Waals surface area contributed by atoms with Gasteiger partial charge in [-0.2, -0.15) is 0 Å². The van der Waals surface area contributed by atoms with Crippen LogP contribution in [0.1, 0.15) is 37.0 Å². The number of hydrogen-bond donors (Lipinski definition) is 1. The minimum Gasteiger partial charge on any atom is -0.309 e. The van der Waals surface area contributed by atoms with Crippen LogP contribution in [0.15, 0.2) is 59.5 Å². The molecule has 0 aliphatic carbocycles. The van der Waals surface area contributed by atoms with E-state index in [2.05, 4.69) is 4.72 Å². The summed E-state index contributed by atoms with van der Waals surface area (Å²) in [6, 6.07) is 15.5. The Bertz CT molecular complexity index is 804. The molecule has 1 amide bonds. The van der Waals surface area contributed by atoms with Crippen molar-refractivity contribution in [3.8, 4) is 0 Å². The summed E-state index contributed by atoms with van der Waals surface area (Å²) in [4.78, 5) is 14.6. The Labute approximate surface area is 149 Å². The zero-order chi connectivity index (χ0) is 18.3. The fourth-order valence-electron chi connectivity index (χ4n) is 2.47. The molecule has 0 unspecified atom stereocenters. The largest absolute Gasteiger partial charge is 0.309 e. The van der Waals surface area contributed by atoms with Gasteiger partial charge in [-0.1, -0.05) is 37.6 Å². The van der Waals surface area contributed by atoms with Gasteiger partial charge in [-0.25, -0.2) is 13.1 Å². The zero-order valence-electron chi connectivity index (χ0n) is 14.6. The number of carbonyl (C=O) groups excluding carboxylic acids is 1. The molecule has 2 rings (SSSR count). The molecule has 0 heterocycles. The summed E-state index contributed by atoms with van der Waals surface area (Å²) in [6.45, 7) is 4.77. The number of rotatable bonds is 8. The molecule has 0 saturated heterocycles. The first-order chi connectivity index (χ1) is 12.0. The van der Waals surface area contributed by atoms with E-state index >= 15 is 0 Å². The van der Waals surface area contributed by atoms with Crippen LogP contribution in [0.5, 0.6) is 0 Å². The molecule has 0 fully saturated rings. The molecule has 2 aromatic rings. The predicted molar refractivity (Wildman–Crippen MR) is 100 cm³/mol. The van der Waals surface area contributed by atoms with Gasteiger partial charge >= 0.3 is 0 Å². The molecule has 0 aromatic heterocycles. The van der Waals surface area contributed by atoms with Gasteiger partial charge in [0.2, 0.25) is 10.0 Å². The van der Waals surface area contributed by atoms with Crippen molar-refractivity contribution in [2.45, 2.75) is 31.6 Å². The van der Waals surface area contributed by atoms with Gasteiger partial charge in [0.1, 0.15) is 0 Å². The van der Waals surface area contributed by atoms with Gasteiger partial charge in [0.05, 0.1) is 4.90 Å². The van der Waals surface area contributed by atoms with Crippen molar-refractivity contribution < 1.29 is 13.2 Å². The molecule has 0 bridgehead atoms. The number of amides is 1. The number of anilines is 1. The van der Waals surface area contributed by atoms with E-state index in [4.69, 9.17) is 0 Å². The number of benzene rings is 2. The van der Waals surface area contributed by atoms with E-state index in [1.807, 2.05) is 44.2 Å². The standard InChI is InChI=1S/C19H24N2O3S/c1-3-5-14-20-25(23,24)18-13-9-10-16(15-18)19(22)21(4-2)17-11-7-6-8-12-17/h6-13,15,20H,3-5,14H2,1-2H3. The third-order valence-electron chi connectivity index (χ3n) is 3.84. The average molecular weight is 360 g/mol. The highest BCUT2D eigenvalue weighted by atomic mass is 32.2. The van der Waals surface area contributed by atoms with E-state index in [0.717, 1.165) is 18.5 Å². The topological polar surface area (TPSA) is 66.5 Å². The molecule has 0 atom stereocenters. The van der Waals surface area contributed by atoms with Crippen LogP contribution < -0.4 is 9.62 Å². The molecule has 0 saturated carbocycles. The van der Waals surface area contributed by atoms with Crippen molar-refractivity contribution in [1.82, 2.24) is 4.72 Å². The molecule has 6 heteroatoms. The number of nitrogens with one attached hydrogen (secondary N) is 1. The predicted octanol–water partition coefficient (Wildman–Crippen LogP) is 3.43. The van der Waals surface area contributed by atoms with Gasteiger partial charge in [-0.3, -0.25) is 4.79 Å². The quantitative estimate of drug-likeness (QED) is 0.734. The Kier molecular flexibility index (Phi) is 6.73. The first kappa shape index (κ1) is 19.1. The summed E-state index contributed by atoms with van der Waals surface area (Å²) < 4.78 is 27.3. The normalized spacial score (nSPS) is 11.3. The third kappa shape index (κ3) is 4.90. The fraction of sp³-hybridized carbons (Fsp3) is 0.316. The Morgan fingerprint density at radius 3 is 2.40 bits per heavy atom. The average Bonchev–Trinajstić information content (AvgIpc) is 2.63. The first-order valence-corrected chi connectivity index (χ1v) is 9.94. The maximum absolute atomic E-state index is 12.8. The lowest BCUT2D eigenvalue weighted by Gasteiger charge is -2.21. The van der Waals surface area contributed by atoms with Crippen LogP contribution in [0, 0.1) is 0 Å². The lowest BCUT2D eigenvalue weighted by atomic mass is 10.2. The molecule has 0 spiro atoms. The maximum atomic E-state index is 12.8. The lowest BCUT2D eigenvalue weighted by Crippen LogP contribution is -2.31. The molecule has 1 N–H and O–H groups in total. The minimum absolute atomic E-state index is 0.110. The number of sulfonamides is 1. The second-order valence-electron chi connectivity index (χ2n) is 5.66. The van der Waals surface area contributed by atoms with Crippen LogP contribution in [-0.4, -0.2) is 27.4 Å². The Balaban J connectivity index is 2.27. The zero-order valence-corrected chi connectivity index (χ0v) is 15.4. The third-order valence-corrected chi connectivity index (χ3v) is 5.30. The van der Waals surface area contributed by atoms with E-state index in [-0.39, 0.29) is 10.8 Å². The van der Waals surface area contributed by atoms with E-state index in [9.17, 15) is 13.2 Å². The molecule has 0 radical (unpaired) electrons. The summed E-state index contributed by atoms with van der Waals surface area (Å²) in [5, 5.41) is 0. The first-order valence-electron chi connectivity index (χ1n) is 8.46. The smallest absolute Gasteiger partial charge is 0.258 e. The Hall–Kier alpha value is -2.18. The van der Waals surface area contributed by atoms with Crippen molar-refractivity contribution >= 4 is 21.6 Å². The van der Waals surface area contributed by atoms with Crippen molar-refractivity contribution in [1.29, 1.82) is 0 Å². The molecule has 25 heavy (non-hydrogen) atoms. The monoisotopic (exact) mass is 360 g/mol. The summed E-state index contributed by atoms with van der Waals surface area (Å²) in [5.74, 6) is -0.223. The van der Waals surface area contributed by atoms with Crippen LogP contribution in [0.2, 0.25) is 0 Å². The lowest BCUT2D eigenvalue weighted by molar-refractivity contribution is 0.0988. The van der Waals surface area contributed by atoms with Crippen molar-refractivity contribution in [2.75, 3.05) is 18.0 Å². The van der Waals surface area contributed by atoms with E-state index in [0.29, 0.717) is 18.7 Å². The Morgan fingerprint density at radius 1 is 1.04 bits per heavy atom. The molecule has 5 nitrogen and oxygen atoms in total. The number of hydrogen-bond acceptors (Lipinski definition) is 3. The molecule has 134 valence electrons. The van der Waals surface area contributed by atoms with Gasteiger partial charge in [-0.05, 0) is 43.7 Å². The number of carbonyl (C=O) groups is 1. The number of para-hydroxylation sites is 1. The van der Waals surface area contributed by atoms with Crippen LogP contribution >= 0.6 is 0 Å². The van der Waals surface area contributed by atoms with Crippen LogP contribution in [0.25, 0.3) is 0 Å². The van der Waals surface area contributed by atoms with Crippen molar-refractivity contribution in [2.24, 2.45) is 0 Å². The van der Waals surface area contributed by atoms with Gasteiger partial charge < -0.3 is 4.90 Å². The molecule has 0 aliphatic heterocycles. The van der Waals surface area contributed by atoms with E-state index < -0.39 is 10.0 Å². The number of nitrogens with zero attached hydrogens (tertiary/aromatic N) is 1. The summed E-state index contributed by atoms with van der Waals surface area (Å²) in [5.41, 5.74) is 1.13. The van der Waals surface area contributed by atoms with Crippen LogP contribution in [0.4, 0.5) is 5.69 Å². The minimum atomic E-state index is -3.61. The second kappa shape index (κ2) is 8.78. The highest BCUT2D eigenvalue weighted by Gasteiger charge is 2.19. The summed E-state index contributed by atoms with van der Waals surface area (Å²) in [7, 11) is -3.61. The van der Waals surface area contributed by atoms with Crippen LogP contribution in [0.3, 0.4) is 0 Å². The highest BCUT2D eigenvalue weighted by molar-refractivity contribution is 7.89. The SMILES string of the molecule is CCCCNS(=O)(=O)c1cccc(C(=O)N(CC)c2ccccc2)c1. The van der Waals surface area contributed by atoms with E-state index in [1.165, 1.54) is 12.1 Å². The molecule has 2 aromatic carbocycles. The summed E-state index contributed by atoms with van der Waals surface area (Å²) >= 11 is 0. The molecule has 0 aliphatic rings. The second-order valence-corrected chi connectivity index (χ2v) is 7.43. The molecular formula is C19H24N2O3S. The van der Waals surface area contributed by atoms with Gasteiger partial charge in [0.25, 0.3) is 5.91 Å². The maximum Gasteiger partial charge on any atom is 0.258 e. The summed E-state index contributed by atoms with van der Waals surface area (Å²) in [6.07, 6.45) is 1.68. The highest BCUT2D eigenvalue weighted by Crippen LogP contribution is 2.18.